The summed E-state index contributed by atoms with van der Waals surface area (Å²) >= 11 is 0. The number of hydrogen-bond acceptors (Lipinski definition) is 5. The zero-order valence-corrected chi connectivity index (χ0v) is 27.1. The van der Waals surface area contributed by atoms with E-state index in [1.807, 2.05) is 25.1 Å². The van der Waals surface area contributed by atoms with Gasteiger partial charge in [-0.25, -0.2) is 17.2 Å². The molecule has 0 aliphatic rings. The van der Waals surface area contributed by atoms with Crippen molar-refractivity contribution in [2.24, 2.45) is 5.41 Å². The molecule has 7 nitrogen and oxygen atoms in total. The molecule has 4 aromatic rings. The van der Waals surface area contributed by atoms with E-state index in [2.05, 4.69) is 10.0 Å². The van der Waals surface area contributed by atoms with Gasteiger partial charge >= 0.3 is 5.97 Å². The van der Waals surface area contributed by atoms with Crippen LogP contribution in [-0.2, 0) is 43.8 Å². The van der Waals surface area contributed by atoms with Crippen molar-refractivity contribution in [2.45, 2.75) is 58.1 Å². The number of halogens is 2. The molecule has 4 aromatic carbocycles. The molecule has 10 heteroatoms. The number of amides is 1. The summed E-state index contributed by atoms with van der Waals surface area (Å²) < 4.78 is 63.8. The Labute approximate surface area is 269 Å². The van der Waals surface area contributed by atoms with Gasteiger partial charge in [-0.3, -0.25) is 9.59 Å². The molecule has 0 radical (unpaired) electrons. The highest BCUT2D eigenvalue weighted by Crippen LogP contribution is 2.30. The topological polar surface area (TPSA) is 102 Å². The molecular weight excluding hydrogens is 610 g/mol. The third-order valence-electron chi connectivity index (χ3n) is 7.32. The Morgan fingerprint density at radius 2 is 1.28 bits per heavy atom. The van der Waals surface area contributed by atoms with Crippen LogP contribution < -0.4 is 10.0 Å². The second-order valence-electron chi connectivity index (χ2n) is 12.3. The van der Waals surface area contributed by atoms with Crippen LogP contribution in [0.4, 0.5) is 8.78 Å². The number of carbonyl (C=O) groups excluding carboxylic acids is 2. The maximum Gasteiger partial charge on any atom is 0.325 e. The van der Waals surface area contributed by atoms with Gasteiger partial charge in [0.05, 0.1) is 4.90 Å². The highest BCUT2D eigenvalue weighted by molar-refractivity contribution is 7.89. The average Bonchev–Trinajstić information content (AvgIpc) is 2.99. The molecule has 4 rings (SSSR count). The van der Waals surface area contributed by atoms with Gasteiger partial charge < -0.3 is 10.1 Å². The van der Waals surface area contributed by atoms with Gasteiger partial charge in [-0.2, -0.15) is 4.72 Å². The van der Waals surface area contributed by atoms with Gasteiger partial charge in [-0.15, -0.1) is 0 Å². The van der Waals surface area contributed by atoms with Crippen molar-refractivity contribution in [2.75, 3.05) is 6.54 Å². The van der Waals surface area contributed by atoms with E-state index >= 15 is 0 Å². The van der Waals surface area contributed by atoms with E-state index < -0.39 is 51.5 Å². The van der Waals surface area contributed by atoms with Gasteiger partial charge in [0.2, 0.25) is 15.9 Å². The number of benzene rings is 4. The smallest absolute Gasteiger partial charge is 0.325 e. The molecule has 242 valence electrons. The van der Waals surface area contributed by atoms with Gasteiger partial charge in [-0.05, 0) is 77.3 Å². The number of nitrogens with one attached hydrogen (secondary N) is 2. The van der Waals surface area contributed by atoms with Crippen molar-refractivity contribution in [3.05, 3.63) is 136 Å². The normalized spacial score (nSPS) is 12.4. The molecule has 0 saturated carbocycles. The third-order valence-corrected chi connectivity index (χ3v) is 8.93. The molecule has 0 heterocycles. The molecule has 46 heavy (non-hydrogen) atoms. The Morgan fingerprint density at radius 1 is 0.783 bits per heavy atom. The molecule has 0 spiro atoms. The third kappa shape index (κ3) is 9.55. The van der Waals surface area contributed by atoms with Crippen molar-refractivity contribution in [3.8, 4) is 0 Å². The Bertz CT molecular complexity index is 1700. The van der Waals surface area contributed by atoms with Crippen LogP contribution in [0.5, 0.6) is 0 Å². The van der Waals surface area contributed by atoms with E-state index in [1.54, 1.807) is 69.3 Å². The monoisotopic (exact) mass is 648 g/mol. The van der Waals surface area contributed by atoms with E-state index in [0.717, 1.165) is 11.1 Å². The highest BCUT2D eigenvalue weighted by Gasteiger charge is 2.37. The molecule has 2 N–H and O–H groups in total. The van der Waals surface area contributed by atoms with Crippen LogP contribution >= 0.6 is 0 Å². The minimum atomic E-state index is -4.38. The lowest BCUT2D eigenvalue weighted by Crippen LogP contribution is -2.54. The fourth-order valence-corrected chi connectivity index (χ4v) is 6.91. The lowest BCUT2D eigenvalue weighted by molar-refractivity contribution is -0.145. The number of esters is 1. The van der Waals surface area contributed by atoms with E-state index in [0.29, 0.717) is 22.3 Å². The van der Waals surface area contributed by atoms with Crippen LogP contribution in [0, 0.1) is 24.0 Å². The van der Waals surface area contributed by atoms with Crippen molar-refractivity contribution >= 4 is 21.9 Å². The minimum absolute atomic E-state index is 0.0175. The number of aryl methyl sites for hydroxylation is 1. The predicted octanol–water partition coefficient (Wildman–Crippen LogP) is 6.01. The summed E-state index contributed by atoms with van der Waals surface area (Å²) in [7, 11) is -4.38. The first-order valence-corrected chi connectivity index (χ1v) is 16.3. The zero-order chi connectivity index (χ0) is 33.5. The number of sulfonamides is 1. The van der Waals surface area contributed by atoms with E-state index in [-0.39, 0.29) is 24.3 Å². The maximum absolute atomic E-state index is 14.3. The minimum Gasteiger partial charge on any atom is -0.460 e. The maximum atomic E-state index is 14.3. The number of carbonyl (C=O) groups is 2. The molecule has 0 bridgehead atoms. The summed E-state index contributed by atoms with van der Waals surface area (Å²) in [4.78, 5) is 25.8. The lowest BCUT2D eigenvalue weighted by atomic mass is 9.87. The Kier molecular flexibility index (Phi) is 11.1. The van der Waals surface area contributed by atoms with Gasteiger partial charge in [0.1, 0.15) is 30.8 Å². The summed E-state index contributed by atoms with van der Waals surface area (Å²) in [5, 5.41) is 2.52. The fraction of sp³-hybridized carbons (Fsp3) is 0.278. The van der Waals surface area contributed by atoms with Crippen LogP contribution in [-0.4, -0.2) is 32.9 Å². The second kappa shape index (κ2) is 14.8. The second-order valence-corrected chi connectivity index (χ2v) is 14.0. The quantitative estimate of drug-likeness (QED) is 0.183. The largest absolute Gasteiger partial charge is 0.460 e. The Balaban J connectivity index is 1.64. The molecule has 1 amide bonds. The van der Waals surface area contributed by atoms with Crippen LogP contribution in [0.15, 0.2) is 95.9 Å². The van der Waals surface area contributed by atoms with E-state index in [9.17, 15) is 26.8 Å². The zero-order valence-electron chi connectivity index (χ0n) is 26.3. The fourth-order valence-electron chi connectivity index (χ4n) is 5.07. The molecule has 0 aromatic heterocycles. The summed E-state index contributed by atoms with van der Waals surface area (Å²) in [5.41, 5.74) is 2.97. The van der Waals surface area contributed by atoms with Gasteiger partial charge in [0.25, 0.3) is 0 Å². The van der Waals surface area contributed by atoms with Crippen molar-refractivity contribution < 1.29 is 31.5 Å². The summed E-state index contributed by atoms with van der Waals surface area (Å²) in [6.45, 7) is 6.56. The Morgan fingerprint density at radius 3 is 1.76 bits per heavy atom. The van der Waals surface area contributed by atoms with Crippen molar-refractivity contribution in [1.82, 2.24) is 10.0 Å². The van der Waals surface area contributed by atoms with Crippen LogP contribution in [0.2, 0.25) is 0 Å². The first kappa shape index (κ1) is 34.5. The number of rotatable bonds is 12. The van der Waals surface area contributed by atoms with E-state index in [1.165, 1.54) is 24.3 Å². The van der Waals surface area contributed by atoms with Crippen LogP contribution in [0.3, 0.4) is 0 Å². The molecule has 1 atom stereocenters. The molecule has 0 aliphatic heterocycles. The van der Waals surface area contributed by atoms with Gasteiger partial charge in [-0.1, -0.05) is 93.1 Å². The standard InChI is InChI=1S/C36H38F2N2O5S/c1-24-18-28(20-25-10-14-30(37)15-11-25)33(29(19-24)21-26-12-16-31(38)17-13-26)46(43,44)40-34(36(2,3)4)35(42)39-22-32(41)45-23-27-8-6-5-7-9-27/h5-19,34,40H,20-23H2,1-4H3,(H,39,42)/t34-/m1/s1. The summed E-state index contributed by atoms with van der Waals surface area (Å²) in [6.07, 6.45) is 0.350. The first-order chi connectivity index (χ1) is 21.7. The van der Waals surface area contributed by atoms with Crippen molar-refractivity contribution in [3.63, 3.8) is 0 Å². The molecule has 0 saturated heterocycles. The van der Waals surface area contributed by atoms with Gasteiger partial charge in [0.15, 0.2) is 0 Å². The predicted molar refractivity (Wildman–Crippen MR) is 172 cm³/mol. The van der Waals surface area contributed by atoms with Gasteiger partial charge in [0, 0.05) is 0 Å². The SMILES string of the molecule is Cc1cc(Cc2ccc(F)cc2)c(S(=O)(=O)N[C@H](C(=O)NCC(=O)OCc2ccccc2)C(C)(C)C)c(Cc2ccc(F)cc2)c1. The van der Waals surface area contributed by atoms with Crippen molar-refractivity contribution in [1.29, 1.82) is 0 Å². The summed E-state index contributed by atoms with van der Waals surface area (Å²) in [5.74, 6) is -2.19. The number of hydrogen-bond donors (Lipinski definition) is 2. The molecule has 0 unspecified atom stereocenters. The average molecular weight is 649 g/mol. The van der Waals surface area contributed by atoms with Crippen LogP contribution in [0.25, 0.3) is 0 Å². The number of ether oxygens (including phenoxy) is 1. The lowest BCUT2D eigenvalue weighted by Gasteiger charge is -2.31. The molecule has 0 aliphatic carbocycles. The van der Waals surface area contributed by atoms with Crippen LogP contribution in [0.1, 0.15) is 54.2 Å². The molecular formula is C36H38F2N2O5S. The molecule has 0 fully saturated rings. The summed E-state index contributed by atoms with van der Waals surface area (Å²) in [6, 6.07) is 22.9. The highest BCUT2D eigenvalue weighted by atomic mass is 32.2. The first-order valence-electron chi connectivity index (χ1n) is 14.8. The van der Waals surface area contributed by atoms with E-state index in [4.69, 9.17) is 4.74 Å². The Hall–Kier alpha value is -4.41.